The zero-order chi connectivity index (χ0) is 14.5. The van der Waals surface area contributed by atoms with Gasteiger partial charge in [0.25, 0.3) is 0 Å². The van der Waals surface area contributed by atoms with Crippen molar-refractivity contribution in [3.8, 4) is 0 Å². The summed E-state index contributed by atoms with van der Waals surface area (Å²) >= 11 is 0. The van der Waals surface area contributed by atoms with Crippen molar-refractivity contribution in [3.05, 3.63) is 36.0 Å². The second-order valence-corrected chi connectivity index (χ2v) is 5.62. The number of nitrogens with zero attached hydrogens (tertiary/aromatic N) is 1. The molecule has 1 N–H and O–H groups in total. The molecule has 0 radical (unpaired) electrons. The van der Waals surface area contributed by atoms with Gasteiger partial charge in [-0.05, 0) is 29.9 Å². The van der Waals surface area contributed by atoms with Crippen LogP contribution in [-0.4, -0.2) is 37.5 Å². The normalized spacial score (nSPS) is 14.9. The average Bonchev–Trinajstić information content (AvgIpc) is 3.24. The largest absolute Gasteiger partial charge is 0.382 e. The molecule has 0 bridgehead atoms. The van der Waals surface area contributed by atoms with Gasteiger partial charge in [0.1, 0.15) is 0 Å². The fourth-order valence-corrected chi connectivity index (χ4v) is 2.62. The molecule has 0 saturated heterocycles. The number of hydrogen-bond donors (Lipinski definition) is 1. The van der Waals surface area contributed by atoms with Crippen LogP contribution in [0.25, 0.3) is 10.9 Å². The molecule has 114 valence electrons. The first-order valence-electron chi connectivity index (χ1n) is 7.75. The lowest BCUT2D eigenvalue weighted by Gasteiger charge is -2.11. The van der Waals surface area contributed by atoms with Crippen molar-refractivity contribution in [2.75, 3.05) is 26.9 Å². The van der Waals surface area contributed by atoms with Gasteiger partial charge in [0.2, 0.25) is 0 Å². The molecule has 4 nitrogen and oxygen atoms in total. The molecule has 1 saturated carbocycles. The Labute approximate surface area is 126 Å². The van der Waals surface area contributed by atoms with E-state index in [9.17, 15) is 0 Å². The Morgan fingerprint density at radius 1 is 1.19 bits per heavy atom. The maximum Gasteiger partial charge on any atom is 0.0701 e. The van der Waals surface area contributed by atoms with Crippen molar-refractivity contribution in [2.45, 2.75) is 32.0 Å². The molecular weight excluding hydrogens is 264 g/mol. The van der Waals surface area contributed by atoms with Crippen LogP contribution in [0.5, 0.6) is 0 Å². The average molecular weight is 288 g/mol. The van der Waals surface area contributed by atoms with Crippen LogP contribution in [0.15, 0.2) is 30.5 Å². The van der Waals surface area contributed by atoms with Gasteiger partial charge < -0.3 is 19.4 Å². The smallest absolute Gasteiger partial charge is 0.0701 e. The van der Waals surface area contributed by atoms with Crippen molar-refractivity contribution < 1.29 is 9.47 Å². The third kappa shape index (κ3) is 3.84. The number of ether oxygens (including phenoxy) is 2. The predicted octanol–water partition coefficient (Wildman–Crippen LogP) is 2.56. The first-order valence-corrected chi connectivity index (χ1v) is 7.75. The molecule has 0 unspecified atom stereocenters. The molecule has 4 heteroatoms. The number of aromatic nitrogens is 1. The molecule has 0 aliphatic heterocycles. The minimum atomic E-state index is 0.656. The van der Waals surface area contributed by atoms with Crippen LogP contribution in [0.3, 0.4) is 0 Å². The predicted molar refractivity (Wildman–Crippen MR) is 84.5 cm³/mol. The van der Waals surface area contributed by atoms with Gasteiger partial charge in [0.05, 0.1) is 25.3 Å². The summed E-state index contributed by atoms with van der Waals surface area (Å²) in [7, 11) is 1.70. The Morgan fingerprint density at radius 2 is 2.10 bits per heavy atom. The van der Waals surface area contributed by atoms with E-state index in [2.05, 4.69) is 40.3 Å². The summed E-state index contributed by atoms with van der Waals surface area (Å²) in [6, 6.07) is 9.47. The number of nitrogens with one attached hydrogen (secondary N) is 1. The molecule has 1 aromatic carbocycles. The molecule has 3 rings (SSSR count). The van der Waals surface area contributed by atoms with Crippen molar-refractivity contribution >= 4 is 10.9 Å². The van der Waals surface area contributed by atoms with E-state index in [4.69, 9.17) is 9.47 Å². The van der Waals surface area contributed by atoms with Crippen LogP contribution in [0.4, 0.5) is 0 Å². The highest BCUT2D eigenvalue weighted by Crippen LogP contribution is 2.23. The van der Waals surface area contributed by atoms with E-state index in [0.717, 1.165) is 25.7 Å². The lowest BCUT2D eigenvalue weighted by molar-refractivity contribution is 0.0670. The number of fused-ring (bicyclic) bond motifs is 1. The molecule has 2 aromatic rings. The van der Waals surface area contributed by atoms with Gasteiger partial charge in [-0.25, -0.2) is 0 Å². The Morgan fingerprint density at radius 3 is 2.90 bits per heavy atom. The zero-order valence-corrected chi connectivity index (χ0v) is 12.7. The van der Waals surface area contributed by atoms with Crippen molar-refractivity contribution in [1.29, 1.82) is 0 Å². The third-order valence-corrected chi connectivity index (χ3v) is 3.94. The van der Waals surface area contributed by atoms with Crippen molar-refractivity contribution in [2.24, 2.45) is 0 Å². The molecule has 1 aliphatic rings. The second-order valence-electron chi connectivity index (χ2n) is 5.62. The lowest BCUT2D eigenvalue weighted by Crippen LogP contribution is -2.16. The minimum Gasteiger partial charge on any atom is -0.382 e. The van der Waals surface area contributed by atoms with E-state index in [-0.39, 0.29) is 0 Å². The summed E-state index contributed by atoms with van der Waals surface area (Å²) in [4.78, 5) is 0. The van der Waals surface area contributed by atoms with Gasteiger partial charge in [0.15, 0.2) is 0 Å². The molecule has 1 aromatic heterocycles. The molecule has 0 amide bonds. The third-order valence-electron chi connectivity index (χ3n) is 3.94. The van der Waals surface area contributed by atoms with Crippen LogP contribution < -0.4 is 5.32 Å². The summed E-state index contributed by atoms with van der Waals surface area (Å²) < 4.78 is 12.9. The quantitative estimate of drug-likeness (QED) is 0.720. The lowest BCUT2D eigenvalue weighted by atomic mass is 10.1. The highest BCUT2D eigenvalue weighted by molar-refractivity contribution is 5.83. The second kappa shape index (κ2) is 7.07. The molecule has 0 spiro atoms. The SMILES string of the molecule is COCCOCCn1ccc2cccc(CNC3CC3)c21. The monoisotopic (exact) mass is 288 g/mol. The highest BCUT2D eigenvalue weighted by atomic mass is 16.5. The summed E-state index contributed by atoms with van der Waals surface area (Å²) in [5.41, 5.74) is 2.71. The standard InChI is InChI=1S/C17H24N2O2/c1-20-11-12-21-10-9-19-8-7-14-3-2-4-15(17(14)19)13-18-16-5-6-16/h2-4,7-8,16,18H,5-6,9-13H2,1H3. The number of benzene rings is 1. The van der Waals surface area contributed by atoms with Gasteiger partial charge in [-0.1, -0.05) is 18.2 Å². The maximum absolute atomic E-state index is 5.58. The van der Waals surface area contributed by atoms with E-state index in [1.54, 1.807) is 7.11 Å². The van der Waals surface area contributed by atoms with Crippen molar-refractivity contribution in [3.63, 3.8) is 0 Å². The first kappa shape index (κ1) is 14.6. The Hall–Kier alpha value is -1.36. The minimum absolute atomic E-state index is 0.656. The van der Waals surface area contributed by atoms with E-state index >= 15 is 0 Å². The maximum atomic E-state index is 5.58. The van der Waals surface area contributed by atoms with Gasteiger partial charge in [-0.3, -0.25) is 0 Å². The molecule has 0 atom stereocenters. The Balaban J connectivity index is 1.66. The molecule has 1 heterocycles. The Kier molecular flexibility index (Phi) is 4.91. The summed E-state index contributed by atoms with van der Waals surface area (Å²) in [5, 5.41) is 4.91. The molecular formula is C17H24N2O2. The van der Waals surface area contributed by atoms with Gasteiger partial charge in [-0.15, -0.1) is 0 Å². The van der Waals surface area contributed by atoms with Crippen LogP contribution in [0.1, 0.15) is 18.4 Å². The van der Waals surface area contributed by atoms with Gasteiger partial charge in [0, 0.05) is 32.4 Å². The first-order chi connectivity index (χ1) is 10.4. The summed E-state index contributed by atoms with van der Waals surface area (Å²) in [6.07, 6.45) is 4.81. The number of rotatable bonds is 9. The van der Waals surface area contributed by atoms with Crippen LogP contribution in [0, 0.1) is 0 Å². The Bertz CT molecular complexity index is 575. The highest BCUT2D eigenvalue weighted by Gasteiger charge is 2.20. The summed E-state index contributed by atoms with van der Waals surface area (Å²) in [5.74, 6) is 0. The van der Waals surface area contributed by atoms with Gasteiger partial charge in [-0.2, -0.15) is 0 Å². The number of hydrogen-bond acceptors (Lipinski definition) is 3. The van der Waals surface area contributed by atoms with Crippen LogP contribution in [0.2, 0.25) is 0 Å². The fraction of sp³-hybridized carbons (Fsp3) is 0.529. The molecule has 1 aliphatic carbocycles. The topological polar surface area (TPSA) is 35.4 Å². The zero-order valence-electron chi connectivity index (χ0n) is 12.7. The van der Waals surface area contributed by atoms with E-state index < -0.39 is 0 Å². The van der Waals surface area contributed by atoms with E-state index in [1.807, 2.05) is 0 Å². The van der Waals surface area contributed by atoms with Crippen LogP contribution >= 0.6 is 0 Å². The van der Waals surface area contributed by atoms with Crippen LogP contribution in [-0.2, 0) is 22.6 Å². The fourth-order valence-electron chi connectivity index (χ4n) is 2.62. The van der Waals surface area contributed by atoms with Crippen molar-refractivity contribution in [1.82, 2.24) is 9.88 Å². The number of methoxy groups -OCH3 is 1. The van der Waals surface area contributed by atoms with E-state index in [0.29, 0.717) is 13.2 Å². The van der Waals surface area contributed by atoms with Gasteiger partial charge >= 0.3 is 0 Å². The van der Waals surface area contributed by atoms with E-state index in [1.165, 1.54) is 29.3 Å². The number of para-hydroxylation sites is 1. The molecule has 21 heavy (non-hydrogen) atoms. The summed E-state index contributed by atoms with van der Waals surface area (Å²) in [6.45, 7) is 3.87. The molecule has 1 fully saturated rings.